The molecule has 0 aliphatic heterocycles. The number of halogens is 4. The number of tetrazole rings is 1. The van der Waals surface area contributed by atoms with E-state index in [0.29, 0.717) is 10.8 Å². The topological polar surface area (TPSA) is 81.9 Å². The third kappa shape index (κ3) is 4.69. The number of nitrogens with zero attached hydrogens (tertiary/aromatic N) is 4. The molecule has 11 heteroatoms. The van der Waals surface area contributed by atoms with Gasteiger partial charge in [0.1, 0.15) is 5.75 Å². The van der Waals surface area contributed by atoms with E-state index in [1.165, 1.54) is 16.8 Å². The lowest BCUT2D eigenvalue weighted by atomic mass is 10.3. The predicted molar refractivity (Wildman–Crippen MR) is 92.9 cm³/mol. The van der Waals surface area contributed by atoms with Crippen LogP contribution in [-0.4, -0.2) is 32.7 Å². The summed E-state index contributed by atoms with van der Waals surface area (Å²) in [5.41, 5.74) is 0.215. The lowest BCUT2D eigenvalue weighted by molar-refractivity contribution is -0.123. The van der Waals surface area contributed by atoms with Crippen LogP contribution in [-0.2, 0) is 11.3 Å². The van der Waals surface area contributed by atoms with E-state index in [1.807, 2.05) is 0 Å². The van der Waals surface area contributed by atoms with Crippen LogP contribution in [0.4, 0.5) is 8.78 Å². The summed E-state index contributed by atoms with van der Waals surface area (Å²) >= 11 is 11.7. The molecule has 0 saturated carbocycles. The van der Waals surface area contributed by atoms with Crippen molar-refractivity contribution in [1.82, 2.24) is 25.5 Å². The molecule has 0 atom stereocenters. The number of benzene rings is 2. The Bertz CT molecular complexity index is 983. The summed E-state index contributed by atoms with van der Waals surface area (Å²) < 4.78 is 32.9. The van der Waals surface area contributed by atoms with Crippen LogP contribution in [0.25, 0.3) is 5.69 Å². The Balaban J connectivity index is 1.59. The van der Waals surface area contributed by atoms with Gasteiger partial charge in [0, 0.05) is 11.1 Å². The highest BCUT2D eigenvalue weighted by atomic mass is 35.5. The molecule has 3 aromatic rings. The van der Waals surface area contributed by atoms with Crippen molar-refractivity contribution in [3.8, 4) is 11.4 Å². The number of carbonyl (C=O) groups excluding carboxylic acids is 1. The van der Waals surface area contributed by atoms with Gasteiger partial charge in [-0.05, 0) is 40.8 Å². The van der Waals surface area contributed by atoms with Gasteiger partial charge < -0.3 is 10.1 Å². The normalized spacial score (nSPS) is 10.7. The van der Waals surface area contributed by atoms with Gasteiger partial charge in [0.05, 0.1) is 17.3 Å². The first-order chi connectivity index (χ1) is 12.9. The summed E-state index contributed by atoms with van der Waals surface area (Å²) in [6.07, 6.45) is 0. The SMILES string of the molecule is O=C(COc1ccc(Cl)cc1Cl)NCc1nnnn1-c1ccc(F)c(F)c1. The molecule has 0 spiro atoms. The molecule has 7 nitrogen and oxygen atoms in total. The molecular weight excluding hydrogens is 403 g/mol. The summed E-state index contributed by atoms with van der Waals surface area (Å²) in [6.45, 7) is -0.351. The van der Waals surface area contributed by atoms with E-state index in [1.54, 1.807) is 12.1 Å². The molecule has 1 heterocycles. The fraction of sp³-hybridized carbons (Fsp3) is 0.125. The van der Waals surface area contributed by atoms with Crippen molar-refractivity contribution in [2.45, 2.75) is 6.54 Å². The zero-order valence-electron chi connectivity index (χ0n) is 13.5. The van der Waals surface area contributed by atoms with E-state index in [0.717, 1.165) is 12.1 Å². The number of carbonyl (C=O) groups is 1. The van der Waals surface area contributed by atoms with E-state index in [4.69, 9.17) is 27.9 Å². The van der Waals surface area contributed by atoms with Crippen LogP contribution in [0.2, 0.25) is 10.0 Å². The largest absolute Gasteiger partial charge is 0.482 e. The van der Waals surface area contributed by atoms with Crippen LogP contribution < -0.4 is 10.1 Å². The highest BCUT2D eigenvalue weighted by molar-refractivity contribution is 6.35. The first-order valence-electron chi connectivity index (χ1n) is 7.51. The van der Waals surface area contributed by atoms with Crippen LogP contribution in [0, 0.1) is 11.6 Å². The fourth-order valence-corrected chi connectivity index (χ4v) is 2.56. The second-order valence-corrected chi connectivity index (χ2v) is 6.09. The molecule has 0 saturated heterocycles. The molecule has 0 bridgehead atoms. The highest BCUT2D eigenvalue weighted by Crippen LogP contribution is 2.27. The van der Waals surface area contributed by atoms with Crippen LogP contribution >= 0.6 is 23.2 Å². The summed E-state index contributed by atoms with van der Waals surface area (Å²) in [7, 11) is 0. The quantitative estimate of drug-likeness (QED) is 0.671. The van der Waals surface area contributed by atoms with Gasteiger partial charge >= 0.3 is 0 Å². The standard InChI is InChI=1S/C16H11Cl2F2N5O2/c17-9-1-4-14(11(18)5-9)27-8-16(26)21-7-15-22-23-24-25(15)10-2-3-12(19)13(20)6-10/h1-6H,7-8H2,(H,21,26). The fourth-order valence-electron chi connectivity index (χ4n) is 2.10. The average Bonchev–Trinajstić information content (AvgIpc) is 3.10. The van der Waals surface area contributed by atoms with Crippen LogP contribution in [0.15, 0.2) is 36.4 Å². The van der Waals surface area contributed by atoms with Crippen molar-refractivity contribution in [2.75, 3.05) is 6.61 Å². The summed E-state index contributed by atoms with van der Waals surface area (Å²) in [5, 5.41) is 14.2. The van der Waals surface area contributed by atoms with Crippen LogP contribution in [0.1, 0.15) is 5.82 Å². The molecule has 0 aliphatic rings. The predicted octanol–water partition coefficient (Wildman–Crippen LogP) is 2.94. The molecule has 1 aromatic heterocycles. The zero-order valence-corrected chi connectivity index (χ0v) is 15.0. The molecule has 0 aliphatic carbocycles. The Morgan fingerprint density at radius 2 is 1.96 bits per heavy atom. The number of nitrogens with one attached hydrogen (secondary N) is 1. The average molecular weight is 414 g/mol. The van der Waals surface area contributed by atoms with E-state index in [2.05, 4.69) is 20.8 Å². The van der Waals surface area contributed by atoms with Gasteiger partial charge in [-0.1, -0.05) is 23.2 Å². The highest BCUT2D eigenvalue weighted by Gasteiger charge is 2.13. The van der Waals surface area contributed by atoms with Crippen molar-refractivity contribution in [3.05, 3.63) is 63.9 Å². The summed E-state index contributed by atoms with van der Waals surface area (Å²) in [4.78, 5) is 11.9. The minimum absolute atomic E-state index is 0.0530. The number of aromatic nitrogens is 4. The number of ether oxygens (including phenoxy) is 1. The first-order valence-corrected chi connectivity index (χ1v) is 8.27. The van der Waals surface area contributed by atoms with Crippen molar-refractivity contribution in [2.24, 2.45) is 0 Å². The number of hydrogen-bond donors (Lipinski definition) is 1. The number of hydrogen-bond acceptors (Lipinski definition) is 5. The molecule has 1 amide bonds. The van der Waals surface area contributed by atoms with E-state index >= 15 is 0 Å². The third-order valence-electron chi connectivity index (χ3n) is 3.38. The molecule has 1 N–H and O–H groups in total. The maximum Gasteiger partial charge on any atom is 0.258 e. The molecule has 0 fully saturated rings. The van der Waals surface area contributed by atoms with Gasteiger partial charge in [-0.15, -0.1) is 5.10 Å². The minimum Gasteiger partial charge on any atom is -0.482 e. The smallest absolute Gasteiger partial charge is 0.258 e. The van der Waals surface area contributed by atoms with E-state index in [-0.39, 0.29) is 29.7 Å². The Kier molecular flexibility index (Phi) is 5.82. The molecule has 140 valence electrons. The van der Waals surface area contributed by atoms with Crippen molar-refractivity contribution in [1.29, 1.82) is 0 Å². The molecule has 3 rings (SSSR count). The Labute approximate surface area is 161 Å². The van der Waals surface area contributed by atoms with E-state index in [9.17, 15) is 13.6 Å². The van der Waals surface area contributed by atoms with Crippen molar-refractivity contribution >= 4 is 29.1 Å². The van der Waals surface area contributed by atoms with Gasteiger partial charge in [-0.3, -0.25) is 4.79 Å². The second kappa shape index (κ2) is 8.28. The van der Waals surface area contributed by atoms with Crippen molar-refractivity contribution < 1.29 is 18.3 Å². The second-order valence-electron chi connectivity index (χ2n) is 5.25. The lowest BCUT2D eigenvalue weighted by Crippen LogP contribution is -2.29. The molecule has 27 heavy (non-hydrogen) atoms. The minimum atomic E-state index is -1.04. The van der Waals surface area contributed by atoms with Gasteiger partial charge in [0.25, 0.3) is 5.91 Å². The molecular formula is C16H11Cl2F2N5O2. The van der Waals surface area contributed by atoms with E-state index < -0.39 is 17.5 Å². The maximum absolute atomic E-state index is 13.4. The molecule has 2 aromatic carbocycles. The first kappa shape index (κ1) is 19.0. The number of amides is 1. The van der Waals surface area contributed by atoms with Crippen molar-refractivity contribution in [3.63, 3.8) is 0 Å². The lowest BCUT2D eigenvalue weighted by Gasteiger charge is -2.09. The Morgan fingerprint density at radius 1 is 1.15 bits per heavy atom. The monoisotopic (exact) mass is 413 g/mol. The molecule has 0 unspecified atom stereocenters. The molecule has 0 radical (unpaired) electrons. The van der Waals surface area contributed by atoms with Crippen LogP contribution in [0.5, 0.6) is 5.75 Å². The van der Waals surface area contributed by atoms with Gasteiger partial charge in [0.2, 0.25) is 0 Å². The van der Waals surface area contributed by atoms with Gasteiger partial charge in [0.15, 0.2) is 24.1 Å². The van der Waals surface area contributed by atoms with Gasteiger partial charge in [-0.25, -0.2) is 8.78 Å². The zero-order chi connectivity index (χ0) is 19.4. The van der Waals surface area contributed by atoms with Crippen LogP contribution in [0.3, 0.4) is 0 Å². The summed E-state index contributed by atoms with van der Waals surface area (Å²) in [6, 6.07) is 7.83. The van der Waals surface area contributed by atoms with Gasteiger partial charge in [-0.2, -0.15) is 4.68 Å². The third-order valence-corrected chi connectivity index (χ3v) is 3.91. The Hall–Kier alpha value is -2.78. The number of rotatable bonds is 6. The summed E-state index contributed by atoms with van der Waals surface area (Å²) in [5.74, 6) is -1.95. The Morgan fingerprint density at radius 3 is 2.70 bits per heavy atom. The maximum atomic E-state index is 13.4.